The van der Waals surface area contributed by atoms with Crippen LogP contribution < -0.4 is 0 Å². The highest BCUT2D eigenvalue weighted by Crippen LogP contribution is 2.37. The van der Waals surface area contributed by atoms with Crippen molar-refractivity contribution < 1.29 is 9.53 Å². The van der Waals surface area contributed by atoms with E-state index in [1.54, 1.807) is 0 Å². The van der Waals surface area contributed by atoms with Crippen molar-refractivity contribution in [2.45, 2.75) is 18.5 Å². The van der Waals surface area contributed by atoms with E-state index in [-0.39, 0.29) is 11.9 Å². The van der Waals surface area contributed by atoms with Crippen LogP contribution in [0.3, 0.4) is 0 Å². The summed E-state index contributed by atoms with van der Waals surface area (Å²) < 4.78 is 4.79. The van der Waals surface area contributed by atoms with Gasteiger partial charge in [0.1, 0.15) is 0 Å². The molecule has 76 valence electrons. The molecule has 0 spiro atoms. The molecule has 0 aromatic carbocycles. The average Bonchev–Trinajstić information content (AvgIpc) is 2.47. The second-order valence-corrected chi connectivity index (χ2v) is 4.69. The molecule has 4 unspecified atom stereocenters. The first-order valence-electron chi connectivity index (χ1n) is 4.96. The Kier molecular flexibility index (Phi) is 2.73. The Bertz CT molecular complexity index is 306. The maximum Gasteiger partial charge on any atom is 0.334 e. The van der Waals surface area contributed by atoms with Crippen molar-refractivity contribution in [3.8, 4) is 0 Å². The Hall–Kier alpha value is -0.620. The van der Waals surface area contributed by atoms with E-state index in [1.807, 2.05) is 0 Å². The van der Waals surface area contributed by atoms with Crippen molar-refractivity contribution in [3.63, 3.8) is 0 Å². The van der Waals surface area contributed by atoms with E-state index in [9.17, 15) is 4.79 Å². The highest BCUT2D eigenvalue weighted by molar-refractivity contribution is 7.18. The molecule has 4 atom stereocenters. The summed E-state index contributed by atoms with van der Waals surface area (Å²) in [7, 11) is 4.25. The fourth-order valence-electron chi connectivity index (χ4n) is 2.21. The molecule has 3 aliphatic carbocycles. The van der Waals surface area contributed by atoms with E-state index >= 15 is 0 Å². The third-order valence-corrected chi connectivity index (χ3v) is 3.78. The van der Waals surface area contributed by atoms with Crippen LogP contribution in [-0.2, 0) is 9.53 Å². The molecule has 3 aliphatic rings. The predicted molar refractivity (Wildman–Crippen MR) is 59.0 cm³/mol. The zero-order chi connectivity index (χ0) is 10.1. The standard InChI is InChI=1S/C11H15O2P/c1-13-11(12)9-6-10(14)8-4-2-7(9)3-5-8/h2,4,6-8,10H,3,5,14H2,1H3. The van der Waals surface area contributed by atoms with Crippen molar-refractivity contribution >= 4 is 15.2 Å². The van der Waals surface area contributed by atoms with Crippen molar-refractivity contribution in [1.82, 2.24) is 0 Å². The smallest absolute Gasteiger partial charge is 0.334 e. The number of methoxy groups -OCH3 is 1. The van der Waals surface area contributed by atoms with Crippen LogP contribution >= 0.6 is 9.24 Å². The molecule has 0 aromatic rings. The highest BCUT2D eigenvalue weighted by atomic mass is 31.0. The first-order chi connectivity index (χ1) is 6.72. The number of ether oxygens (including phenoxy) is 1. The maximum atomic E-state index is 11.5. The lowest BCUT2D eigenvalue weighted by molar-refractivity contribution is -0.136. The van der Waals surface area contributed by atoms with Gasteiger partial charge in [-0.15, -0.1) is 9.24 Å². The third kappa shape index (κ3) is 1.64. The fraction of sp³-hybridized carbons (Fsp3) is 0.545. The van der Waals surface area contributed by atoms with E-state index in [2.05, 4.69) is 27.5 Å². The lowest BCUT2D eigenvalue weighted by Gasteiger charge is -2.20. The fourth-order valence-corrected chi connectivity index (χ4v) is 2.74. The van der Waals surface area contributed by atoms with Crippen molar-refractivity contribution in [2.24, 2.45) is 11.8 Å². The minimum absolute atomic E-state index is 0.172. The number of allylic oxidation sites excluding steroid dienone is 3. The predicted octanol–water partition coefficient (Wildman–Crippen LogP) is 1.93. The molecule has 3 rings (SSSR count). The zero-order valence-electron chi connectivity index (χ0n) is 8.27. The van der Waals surface area contributed by atoms with E-state index in [1.165, 1.54) is 13.5 Å². The molecule has 0 N–H and O–H groups in total. The molecule has 0 fully saturated rings. The molecule has 3 heteroatoms. The molecule has 2 bridgehead atoms. The van der Waals surface area contributed by atoms with Gasteiger partial charge in [-0.2, -0.15) is 0 Å². The van der Waals surface area contributed by atoms with Gasteiger partial charge in [-0.25, -0.2) is 4.79 Å². The minimum atomic E-state index is -0.172. The van der Waals surface area contributed by atoms with Crippen LogP contribution in [0.1, 0.15) is 12.8 Å². The number of fused-ring (bicyclic) bond motifs is 2. The SMILES string of the molecule is COC(=O)C1=CC(P)C2C=CC1CC2. The van der Waals surface area contributed by atoms with Crippen LogP contribution in [-0.4, -0.2) is 18.7 Å². The van der Waals surface area contributed by atoms with Gasteiger partial charge in [-0.1, -0.05) is 18.2 Å². The second-order valence-electron chi connectivity index (χ2n) is 3.92. The van der Waals surface area contributed by atoms with Crippen LogP contribution in [0.15, 0.2) is 23.8 Å². The van der Waals surface area contributed by atoms with Crippen LogP contribution in [0.4, 0.5) is 0 Å². The summed E-state index contributed by atoms with van der Waals surface area (Å²) in [6, 6.07) is 0. The Balaban J connectivity index is 2.31. The van der Waals surface area contributed by atoms with Gasteiger partial charge in [-0.3, -0.25) is 0 Å². The molecule has 0 aliphatic heterocycles. The minimum Gasteiger partial charge on any atom is -0.466 e. The summed E-state index contributed by atoms with van der Waals surface area (Å²) in [4.78, 5) is 11.5. The van der Waals surface area contributed by atoms with Crippen molar-refractivity contribution in [1.29, 1.82) is 0 Å². The van der Waals surface area contributed by atoms with Gasteiger partial charge in [0, 0.05) is 11.5 Å². The van der Waals surface area contributed by atoms with Gasteiger partial charge in [0.25, 0.3) is 0 Å². The highest BCUT2D eigenvalue weighted by Gasteiger charge is 2.30. The molecule has 2 nitrogen and oxygen atoms in total. The van der Waals surface area contributed by atoms with Gasteiger partial charge in [-0.05, 0) is 24.4 Å². The summed E-state index contributed by atoms with van der Waals surface area (Å²) >= 11 is 0. The van der Waals surface area contributed by atoms with E-state index < -0.39 is 0 Å². The topological polar surface area (TPSA) is 26.3 Å². The van der Waals surface area contributed by atoms with Crippen LogP contribution in [0, 0.1) is 11.8 Å². The molecule has 0 saturated carbocycles. The Labute approximate surface area is 86.6 Å². The lowest BCUT2D eigenvalue weighted by atomic mass is 9.88. The molecule has 0 aromatic heterocycles. The van der Waals surface area contributed by atoms with Gasteiger partial charge in [0.05, 0.1) is 7.11 Å². The second kappa shape index (κ2) is 3.86. The largest absolute Gasteiger partial charge is 0.466 e. The van der Waals surface area contributed by atoms with Crippen LogP contribution in [0.25, 0.3) is 0 Å². The van der Waals surface area contributed by atoms with Gasteiger partial charge >= 0.3 is 5.97 Å². The zero-order valence-corrected chi connectivity index (χ0v) is 9.43. The van der Waals surface area contributed by atoms with Crippen LogP contribution in [0.5, 0.6) is 0 Å². The molecule has 0 amide bonds. The normalized spacial score (nSPS) is 35.0. The molecular formula is C11H15O2P. The molecular weight excluding hydrogens is 195 g/mol. The van der Waals surface area contributed by atoms with E-state index in [0.717, 1.165) is 12.0 Å². The quantitative estimate of drug-likeness (QED) is 0.375. The number of hydrogen-bond acceptors (Lipinski definition) is 2. The monoisotopic (exact) mass is 210 g/mol. The Morgan fingerprint density at radius 1 is 1.50 bits per heavy atom. The summed E-state index contributed by atoms with van der Waals surface area (Å²) in [6.07, 6.45) is 8.69. The molecule has 0 saturated heterocycles. The molecule has 14 heavy (non-hydrogen) atoms. The lowest BCUT2D eigenvalue weighted by Crippen LogP contribution is -2.14. The number of carbonyl (C=O) groups is 1. The summed E-state index contributed by atoms with van der Waals surface area (Å²) in [6.45, 7) is 0. The maximum absolute atomic E-state index is 11.5. The Morgan fingerprint density at radius 2 is 2.29 bits per heavy atom. The third-order valence-electron chi connectivity index (χ3n) is 3.09. The summed E-state index contributed by atoms with van der Waals surface area (Å²) in [5, 5.41) is 0. The van der Waals surface area contributed by atoms with E-state index in [4.69, 9.17) is 4.74 Å². The number of rotatable bonds is 1. The van der Waals surface area contributed by atoms with E-state index in [0.29, 0.717) is 11.6 Å². The van der Waals surface area contributed by atoms with Gasteiger partial charge in [0.2, 0.25) is 0 Å². The van der Waals surface area contributed by atoms with Crippen LogP contribution in [0.2, 0.25) is 0 Å². The van der Waals surface area contributed by atoms with Crippen molar-refractivity contribution in [3.05, 3.63) is 23.8 Å². The number of hydrogen-bond donors (Lipinski definition) is 0. The molecule has 0 heterocycles. The first-order valence-corrected chi connectivity index (χ1v) is 5.63. The molecule has 0 radical (unpaired) electrons. The van der Waals surface area contributed by atoms with Crippen molar-refractivity contribution in [2.75, 3.05) is 7.11 Å². The summed E-state index contributed by atoms with van der Waals surface area (Å²) in [5.41, 5.74) is 1.22. The van der Waals surface area contributed by atoms with Gasteiger partial charge < -0.3 is 4.74 Å². The Morgan fingerprint density at radius 3 is 2.86 bits per heavy atom. The number of esters is 1. The van der Waals surface area contributed by atoms with Gasteiger partial charge in [0.15, 0.2) is 0 Å². The summed E-state index contributed by atoms with van der Waals surface area (Å²) in [5.74, 6) is 0.692. The first kappa shape index (κ1) is 9.92. The average molecular weight is 210 g/mol. The number of carbonyl (C=O) groups excluding carboxylic acids is 1.